The number of thiophene rings is 2. The van der Waals surface area contributed by atoms with E-state index in [1.807, 2.05) is 67.6 Å². The number of nitrogens with zero attached hydrogens (tertiary/aromatic N) is 2. The van der Waals surface area contributed by atoms with E-state index in [0.717, 1.165) is 16.8 Å². The average Bonchev–Trinajstić information content (AvgIpc) is 3.67. The summed E-state index contributed by atoms with van der Waals surface area (Å²) in [5.41, 5.74) is 2.84. The maximum Gasteiger partial charge on any atom is 0.283 e. The molecule has 2 aromatic carbocycles. The van der Waals surface area contributed by atoms with Gasteiger partial charge in [-0.25, -0.2) is 0 Å². The van der Waals surface area contributed by atoms with Gasteiger partial charge >= 0.3 is 0 Å². The fourth-order valence-corrected chi connectivity index (χ4v) is 7.84. The van der Waals surface area contributed by atoms with Gasteiger partial charge < -0.3 is 5.32 Å². The lowest BCUT2D eigenvalue weighted by atomic mass is 9.76. The number of hydrogen-bond acceptors (Lipinski definition) is 6. The largest absolute Gasteiger partial charge is 0.338 e. The first kappa shape index (κ1) is 23.0. The van der Waals surface area contributed by atoms with Gasteiger partial charge in [-0.3, -0.25) is 0 Å². The Balaban J connectivity index is 1.55. The molecule has 3 heterocycles. The Morgan fingerprint density at radius 1 is 0.889 bits per heavy atom. The zero-order valence-electron chi connectivity index (χ0n) is 19.5. The lowest BCUT2D eigenvalue weighted by Crippen LogP contribution is -2.31. The SMILES string of the molecule is Cc1ccc(S(=O)(=O)n2nc(Nc3ccccc3)c3c2CC(c2cccs2)(c2cccs2)C=C3)cc1. The molecule has 8 heteroatoms. The highest BCUT2D eigenvalue weighted by molar-refractivity contribution is 7.89. The van der Waals surface area contributed by atoms with E-state index >= 15 is 0 Å². The minimum Gasteiger partial charge on any atom is -0.338 e. The first-order chi connectivity index (χ1) is 17.5. The molecule has 0 radical (unpaired) electrons. The molecule has 5 aromatic rings. The molecule has 0 atom stereocenters. The molecule has 0 fully saturated rings. The van der Waals surface area contributed by atoms with Crippen molar-refractivity contribution in [3.63, 3.8) is 0 Å². The molecule has 0 spiro atoms. The van der Waals surface area contributed by atoms with Gasteiger partial charge in [0.2, 0.25) is 0 Å². The molecule has 0 unspecified atom stereocenters. The van der Waals surface area contributed by atoms with Crippen molar-refractivity contribution in [1.82, 2.24) is 9.19 Å². The smallest absolute Gasteiger partial charge is 0.283 e. The van der Waals surface area contributed by atoms with Gasteiger partial charge in [-0.15, -0.1) is 27.8 Å². The average molecular weight is 530 g/mol. The molecule has 3 aromatic heterocycles. The number of fused-ring (bicyclic) bond motifs is 1. The molecule has 0 aliphatic heterocycles. The molecular formula is C28H23N3O2S3. The van der Waals surface area contributed by atoms with Crippen LogP contribution in [0.3, 0.4) is 0 Å². The number of hydrogen-bond donors (Lipinski definition) is 1. The Labute approximate surface area is 218 Å². The molecule has 5 nitrogen and oxygen atoms in total. The van der Waals surface area contributed by atoms with Gasteiger partial charge in [-0.2, -0.15) is 12.5 Å². The Kier molecular flexibility index (Phi) is 5.67. The van der Waals surface area contributed by atoms with E-state index in [2.05, 4.69) is 39.4 Å². The van der Waals surface area contributed by atoms with Crippen molar-refractivity contribution in [1.29, 1.82) is 0 Å². The van der Waals surface area contributed by atoms with Crippen LogP contribution >= 0.6 is 22.7 Å². The highest BCUT2D eigenvalue weighted by Gasteiger charge is 2.41. The van der Waals surface area contributed by atoms with Gasteiger partial charge in [-0.1, -0.05) is 60.2 Å². The quantitative estimate of drug-likeness (QED) is 0.261. The topological polar surface area (TPSA) is 64.0 Å². The maximum absolute atomic E-state index is 13.9. The maximum atomic E-state index is 13.9. The zero-order chi connectivity index (χ0) is 24.8. The fraction of sp³-hybridized carbons (Fsp3) is 0.107. The second kappa shape index (κ2) is 8.89. The van der Waals surface area contributed by atoms with Crippen molar-refractivity contribution in [3.05, 3.63) is 122 Å². The fourth-order valence-electron chi connectivity index (χ4n) is 4.62. The summed E-state index contributed by atoms with van der Waals surface area (Å²) >= 11 is 3.37. The number of aryl methyl sites for hydroxylation is 1. The van der Waals surface area contributed by atoms with Crippen LogP contribution < -0.4 is 5.32 Å². The molecule has 1 N–H and O–H groups in total. The van der Waals surface area contributed by atoms with E-state index in [1.165, 1.54) is 13.8 Å². The van der Waals surface area contributed by atoms with Crippen LogP contribution in [0.25, 0.3) is 6.08 Å². The van der Waals surface area contributed by atoms with Crippen molar-refractivity contribution in [3.8, 4) is 0 Å². The van der Waals surface area contributed by atoms with Gasteiger partial charge in [0.25, 0.3) is 10.0 Å². The second-order valence-corrected chi connectivity index (χ2v) is 12.5. The molecule has 1 aliphatic rings. The van der Waals surface area contributed by atoms with Gasteiger partial charge in [-0.05, 0) is 54.1 Å². The monoisotopic (exact) mass is 529 g/mol. The number of anilines is 2. The molecule has 0 saturated carbocycles. The molecule has 180 valence electrons. The highest BCUT2D eigenvalue weighted by atomic mass is 32.2. The summed E-state index contributed by atoms with van der Waals surface area (Å²) in [5.74, 6) is 0.522. The van der Waals surface area contributed by atoms with Gasteiger partial charge in [0.15, 0.2) is 5.82 Å². The number of rotatable bonds is 6. The summed E-state index contributed by atoms with van der Waals surface area (Å²) in [7, 11) is -3.92. The van der Waals surface area contributed by atoms with E-state index in [1.54, 1.807) is 34.8 Å². The van der Waals surface area contributed by atoms with Crippen LogP contribution in [0.4, 0.5) is 11.5 Å². The predicted molar refractivity (Wildman–Crippen MR) is 148 cm³/mol. The van der Waals surface area contributed by atoms with E-state index in [-0.39, 0.29) is 4.90 Å². The Morgan fingerprint density at radius 2 is 1.56 bits per heavy atom. The number of para-hydroxylation sites is 1. The molecule has 6 rings (SSSR count). The van der Waals surface area contributed by atoms with E-state index in [4.69, 9.17) is 0 Å². The minimum atomic E-state index is -3.92. The first-order valence-corrected chi connectivity index (χ1v) is 14.7. The third-order valence-electron chi connectivity index (χ3n) is 6.47. The lowest BCUT2D eigenvalue weighted by Gasteiger charge is -2.32. The molecule has 1 aliphatic carbocycles. The van der Waals surface area contributed by atoms with Crippen LogP contribution in [-0.4, -0.2) is 17.6 Å². The summed E-state index contributed by atoms with van der Waals surface area (Å²) in [6.07, 6.45) is 4.71. The van der Waals surface area contributed by atoms with Crippen molar-refractivity contribution in [2.24, 2.45) is 0 Å². The molecule has 0 bridgehead atoms. The molecular weight excluding hydrogens is 507 g/mol. The summed E-state index contributed by atoms with van der Waals surface area (Å²) in [6.45, 7) is 1.94. The van der Waals surface area contributed by atoms with Crippen LogP contribution in [0, 0.1) is 6.92 Å². The Morgan fingerprint density at radius 3 is 2.17 bits per heavy atom. The van der Waals surface area contributed by atoms with E-state index < -0.39 is 15.4 Å². The van der Waals surface area contributed by atoms with Crippen LogP contribution in [0.15, 0.2) is 101 Å². The number of allylic oxidation sites excluding steroid dienone is 1. The zero-order valence-corrected chi connectivity index (χ0v) is 21.9. The predicted octanol–water partition coefficient (Wildman–Crippen LogP) is 6.85. The van der Waals surface area contributed by atoms with E-state index in [0.29, 0.717) is 17.9 Å². The Hall–Kier alpha value is -3.46. The molecule has 36 heavy (non-hydrogen) atoms. The van der Waals surface area contributed by atoms with Crippen LogP contribution in [0.1, 0.15) is 26.6 Å². The van der Waals surface area contributed by atoms with Gasteiger partial charge in [0.05, 0.1) is 16.0 Å². The van der Waals surface area contributed by atoms with Gasteiger partial charge in [0.1, 0.15) is 0 Å². The first-order valence-electron chi connectivity index (χ1n) is 11.5. The van der Waals surface area contributed by atoms with Gasteiger partial charge in [0, 0.05) is 27.4 Å². The minimum absolute atomic E-state index is 0.220. The lowest BCUT2D eigenvalue weighted by molar-refractivity contribution is 0.568. The number of nitrogens with one attached hydrogen (secondary N) is 1. The summed E-state index contributed by atoms with van der Waals surface area (Å²) < 4.78 is 29.1. The van der Waals surface area contributed by atoms with Crippen molar-refractivity contribution < 1.29 is 8.42 Å². The number of aromatic nitrogens is 2. The summed E-state index contributed by atoms with van der Waals surface area (Å²) in [5, 5.41) is 12.1. The Bertz CT molecular complexity index is 1600. The third kappa shape index (κ3) is 3.82. The summed E-state index contributed by atoms with van der Waals surface area (Å²) in [6, 6.07) is 24.9. The second-order valence-electron chi connectivity index (χ2n) is 8.80. The highest BCUT2D eigenvalue weighted by Crippen LogP contribution is 2.47. The van der Waals surface area contributed by atoms with Crippen molar-refractivity contribution in [2.45, 2.75) is 23.7 Å². The normalized spacial score (nSPS) is 14.5. The molecule has 0 amide bonds. The van der Waals surface area contributed by atoms with Crippen LogP contribution in [0.5, 0.6) is 0 Å². The summed E-state index contributed by atoms with van der Waals surface area (Å²) in [4.78, 5) is 2.56. The van der Waals surface area contributed by atoms with Crippen molar-refractivity contribution >= 4 is 50.3 Å². The van der Waals surface area contributed by atoms with E-state index in [9.17, 15) is 8.42 Å². The number of benzene rings is 2. The van der Waals surface area contributed by atoms with Crippen molar-refractivity contribution in [2.75, 3.05) is 5.32 Å². The molecule has 0 saturated heterocycles. The van der Waals surface area contributed by atoms with Crippen LogP contribution in [-0.2, 0) is 21.9 Å². The van der Waals surface area contributed by atoms with Crippen LogP contribution in [0.2, 0.25) is 0 Å². The standard InChI is InChI=1S/C28H23N3O2S3/c1-20-11-13-22(14-12-20)36(32,33)31-24-19-28(25-9-5-17-34-25,26-10-6-18-35-26)16-15-23(24)27(30-31)29-21-7-3-2-4-8-21/h2-18H,19H2,1H3,(H,29,30). The third-order valence-corrected chi connectivity index (χ3v) is 10.2.